The predicted molar refractivity (Wildman–Crippen MR) is 151 cm³/mol. The van der Waals surface area contributed by atoms with Gasteiger partial charge in [-0.3, -0.25) is 0 Å². The van der Waals surface area contributed by atoms with Crippen LogP contribution < -0.4 is 5.43 Å². The van der Waals surface area contributed by atoms with E-state index < -0.39 is 5.34 Å². The van der Waals surface area contributed by atoms with Crippen molar-refractivity contribution in [2.45, 2.75) is 89.3 Å². The summed E-state index contributed by atoms with van der Waals surface area (Å²) in [6.45, 7) is 6.47. The number of aromatic amines is 1. The Labute approximate surface area is 211 Å². The predicted octanol–water partition coefficient (Wildman–Crippen LogP) is 7.38. The van der Waals surface area contributed by atoms with Crippen LogP contribution in [0, 0.1) is 0 Å². The number of hydrogen-bond acceptors (Lipinski definition) is 2. The number of para-hydroxylation sites is 1. The van der Waals surface area contributed by atoms with Gasteiger partial charge in [0.2, 0.25) is 0 Å². The van der Waals surface area contributed by atoms with Gasteiger partial charge in [-0.1, -0.05) is 88.1 Å². The minimum atomic E-state index is -1.18. The Kier molecular flexibility index (Phi) is 13.0. The van der Waals surface area contributed by atoms with Crippen LogP contribution in [0.2, 0.25) is 0 Å². The molecule has 0 aliphatic rings. The number of aromatic nitrogens is 1. The van der Waals surface area contributed by atoms with Gasteiger partial charge in [0.15, 0.2) is 0 Å². The van der Waals surface area contributed by atoms with Crippen molar-refractivity contribution in [2.75, 3.05) is 7.05 Å². The van der Waals surface area contributed by atoms with Gasteiger partial charge >= 0.3 is 0 Å². The summed E-state index contributed by atoms with van der Waals surface area (Å²) in [6, 6.07) is 8.02. The first-order valence-electron chi connectivity index (χ1n) is 13.1. The van der Waals surface area contributed by atoms with Crippen molar-refractivity contribution in [2.24, 2.45) is 0 Å². The maximum Gasteiger partial charge on any atom is 0.0911 e. The number of nitrogens with one attached hydrogen (secondary N) is 2. The van der Waals surface area contributed by atoms with Crippen molar-refractivity contribution in [3.05, 3.63) is 72.6 Å². The highest BCUT2D eigenvalue weighted by molar-refractivity contribution is 6.40. The minimum Gasteiger partial charge on any atom is -0.361 e. The largest absolute Gasteiger partial charge is 0.361 e. The SMILES string of the molecule is [B]C([B])(NN(C)C(=C)CCCCCCC/C=C\C/C=C\CCCCC)c1c[nH]c2ccccc12. The van der Waals surface area contributed by atoms with Gasteiger partial charge in [-0.15, -0.1) is 0 Å². The number of fused-ring (bicyclic) bond motifs is 1. The van der Waals surface area contributed by atoms with Gasteiger partial charge in [0, 0.05) is 29.8 Å². The first-order chi connectivity index (χ1) is 16.5. The lowest BCUT2D eigenvalue weighted by molar-refractivity contribution is 0.261. The number of benzene rings is 1. The van der Waals surface area contributed by atoms with Crippen molar-refractivity contribution in [3.63, 3.8) is 0 Å². The van der Waals surface area contributed by atoms with E-state index in [-0.39, 0.29) is 0 Å². The summed E-state index contributed by atoms with van der Waals surface area (Å²) >= 11 is 0. The summed E-state index contributed by atoms with van der Waals surface area (Å²) in [5, 5.41) is 1.70. The molecule has 0 bridgehead atoms. The Morgan fingerprint density at radius 1 is 0.971 bits per heavy atom. The van der Waals surface area contributed by atoms with E-state index in [1.54, 1.807) is 0 Å². The molecule has 1 aromatic carbocycles. The molecule has 0 atom stereocenters. The molecule has 1 aromatic heterocycles. The third-order valence-corrected chi connectivity index (χ3v) is 6.28. The number of nitrogens with zero attached hydrogens (tertiary/aromatic N) is 1. The first-order valence-corrected chi connectivity index (χ1v) is 13.1. The van der Waals surface area contributed by atoms with Crippen LogP contribution in [-0.2, 0) is 5.34 Å². The first kappa shape index (κ1) is 28.1. The zero-order valence-electron chi connectivity index (χ0n) is 21.5. The Balaban J connectivity index is 1.55. The van der Waals surface area contributed by atoms with E-state index >= 15 is 0 Å². The van der Waals surface area contributed by atoms with Gasteiger partial charge in [0.1, 0.15) is 0 Å². The van der Waals surface area contributed by atoms with E-state index in [1.165, 1.54) is 57.8 Å². The van der Waals surface area contributed by atoms with Gasteiger partial charge in [-0.25, -0.2) is 5.43 Å². The number of unbranched alkanes of at least 4 members (excludes halogenated alkanes) is 8. The van der Waals surface area contributed by atoms with Crippen molar-refractivity contribution in [3.8, 4) is 0 Å². The third-order valence-electron chi connectivity index (χ3n) is 6.28. The number of hydrazine groups is 1. The zero-order chi connectivity index (χ0) is 24.7. The molecular formula is C29H43B2N3. The highest BCUT2D eigenvalue weighted by Gasteiger charge is 2.24. The molecule has 0 aliphatic carbocycles. The van der Waals surface area contributed by atoms with Gasteiger partial charge < -0.3 is 9.99 Å². The highest BCUT2D eigenvalue weighted by atomic mass is 15.5. The molecule has 5 heteroatoms. The summed E-state index contributed by atoms with van der Waals surface area (Å²) in [4.78, 5) is 3.23. The second-order valence-corrected chi connectivity index (χ2v) is 9.33. The maximum atomic E-state index is 6.43. The average Bonchev–Trinajstić information content (AvgIpc) is 3.26. The lowest BCUT2D eigenvalue weighted by Crippen LogP contribution is -2.51. The second kappa shape index (κ2) is 15.7. The molecule has 0 saturated heterocycles. The molecular weight excluding hydrogens is 412 g/mol. The molecule has 2 rings (SSSR count). The summed E-state index contributed by atoms with van der Waals surface area (Å²) in [5.74, 6) is 0. The number of H-pyrrole nitrogens is 1. The lowest BCUT2D eigenvalue weighted by Gasteiger charge is -2.35. The van der Waals surface area contributed by atoms with E-state index in [0.717, 1.165) is 41.4 Å². The fraction of sp³-hybridized carbons (Fsp3) is 0.517. The Morgan fingerprint density at radius 2 is 1.62 bits per heavy atom. The maximum absolute atomic E-state index is 6.43. The molecule has 2 aromatic rings. The summed E-state index contributed by atoms with van der Waals surface area (Å²) in [6.07, 6.45) is 25.7. The molecule has 0 aliphatic heterocycles. The van der Waals surface area contributed by atoms with Crippen molar-refractivity contribution >= 4 is 26.6 Å². The molecule has 2 N–H and O–H groups in total. The van der Waals surface area contributed by atoms with Crippen LogP contribution >= 0.6 is 0 Å². The topological polar surface area (TPSA) is 31.1 Å². The van der Waals surface area contributed by atoms with Gasteiger partial charge in [0.05, 0.1) is 15.7 Å². The van der Waals surface area contributed by atoms with Crippen LogP contribution in [0.15, 0.2) is 67.0 Å². The molecule has 3 nitrogen and oxygen atoms in total. The van der Waals surface area contributed by atoms with Crippen LogP contribution in [0.3, 0.4) is 0 Å². The number of rotatable bonds is 18. The van der Waals surface area contributed by atoms with Gasteiger partial charge in [-0.2, -0.15) is 0 Å². The van der Waals surface area contributed by atoms with E-state index in [9.17, 15) is 0 Å². The Morgan fingerprint density at radius 3 is 2.35 bits per heavy atom. The quantitative estimate of drug-likeness (QED) is 0.106. The second-order valence-electron chi connectivity index (χ2n) is 9.33. The summed E-state index contributed by atoms with van der Waals surface area (Å²) < 4.78 is 0. The Bertz CT molecular complexity index is 898. The third kappa shape index (κ3) is 10.0. The molecule has 0 saturated carbocycles. The van der Waals surface area contributed by atoms with Crippen molar-refractivity contribution in [1.82, 2.24) is 15.4 Å². The normalized spacial score (nSPS) is 12.3. The fourth-order valence-electron chi connectivity index (χ4n) is 4.14. The molecule has 0 spiro atoms. The zero-order valence-corrected chi connectivity index (χ0v) is 21.5. The van der Waals surface area contributed by atoms with E-state index in [2.05, 4.69) is 48.2 Å². The molecule has 1 heterocycles. The standard InChI is InChI=1S/C29H43B2N3/c1-4-5-6-7-8-9-10-11-12-13-14-15-16-17-18-21-25(2)34(3)33-29(30,31)27-24-32-28-23-20-19-22-26(27)28/h8-9,11-12,19-20,22-24,32-33H,2,4-7,10,13-18,21H2,1,3H3/b9-8-,12-11-. The molecule has 0 fully saturated rings. The van der Waals surface area contributed by atoms with Crippen LogP contribution in [-0.4, -0.2) is 32.7 Å². The minimum absolute atomic E-state index is 0.833. The van der Waals surface area contributed by atoms with Crippen LogP contribution in [0.5, 0.6) is 0 Å². The smallest absolute Gasteiger partial charge is 0.0911 e. The molecule has 0 unspecified atom stereocenters. The number of allylic oxidation sites excluding steroid dienone is 5. The highest BCUT2D eigenvalue weighted by Crippen LogP contribution is 2.25. The molecule has 34 heavy (non-hydrogen) atoms. The average molecular weight is 455 g/mol. The van der Waals surface area contributed by atoms with Crippen LogP contribution in [0.1, 0.15) is 89.5 Å². The molecule has 180 valence electrons. The molecule has 0 amide bonds. The van der Waals surface area contributed by atoms with E-state index in [4.69, 9.17) is 15.7 Å². The lowest BCUT2D eigenvalue weighted by atomic mass is 9.58. The van der Waals surface area contributed by atoms with Gasteiger partial charge in [0.25, 0.3) is 0 Å². The van der Waals surface area contributed by atoms with Crippen molar-refractivity contribution in [1.29, 1.82) is 0 Å². The summed E-state index contributed by atoms with van der Waals surface area (Å²) in [5.41, 5.74) is 6.05. The van der Waals surface area contributed by atoms with Crippen LogP contribution in [0.25, 0.3) is 10.9 Å². The number of hydrogen-bond donors (Lipinski definition) is 2. The Hall–Kier alpha value is -2.13. The van der Waals surface area contributed by atoms with Crippen molar-refractivity contribution < 1.29 is 0 Å². The summed E-state index contributed by atoms with van der Waals surface area (Å²) in [7, 11) is 14.8. The fourth-order valence-corrected chi connectivity index (χ4v) is 4.14. The molecule has 4 radical (unpaired) electrons. The van der Waals surface area contributed by atoms with E-state index in [1.807, 2.05) is 42.5 Å². The van der Waals surface area contributed by atoms with Crippen LogP contribution in [0.4, 0.5) is 0 Å². The van der Waals surface area contributed by atoms with Gasteiger partial charge in [-0.05, 0) is 61.9 Å². The van der Waals surface area contributed by atoms with E-state index in [0.29, 0.717) is 0 Å². The monoisotopic (exact) mass is 455 g/mol.